The van der Waals surface area contributed by atoms with Gasteiger partial charge in [0.05, 0.1) is 11.1 Å². The van der Waals surface area contributed by atoms with E-state index < -0.39 is 0 Å². The quantitative estimate of drug-likeness (QED) is 0.753. The topological polar surface area (TPSA) is 13.1 Å². The van der Waals surface area contributed by atoms with Crippen LogP contribution in [0, 0.1) is 0 Å². The van der Waals surface area contributed by atoms with E-state index in [1.54, 1.807) is 6.26 Å². The third-order valence-corrected chi connectivity index (χ3v) is 3.45. The van der Waals surface area contributed by atoms with Crippen LogP contribution in [0.3, 0.4) is 0 Å². The summed E-state index contributed by atoms with van der Waals surface area (Å²) in [5.41, 5.74) is 2.58. The molecule has 0 saturated carbocycles. The monoisotopic (exact) mass is 264 g/mol. The minimum atomic E-state index is 0.151. The molecule has 0 amide bonds. The standard InChI is InChI=1S/C13H13BrO/c1-2-10-5-7-11(8-6-10)13(14)12-4-3-9-15-12/h3-9,13H,2H2,1H3. The van der Waals surface area contributed by atoms with Gasteiger partial charge in [-0.1, -0.05) is 47.1 Å². The van der Waals surface area contributed by atoms with Crippen molar-refractivity contribution in [1.82, 2.24) is 0 Å². The Balaban J connectivity index is 2.22. The molecule has 0 aliphatic carbocycles. The third-order valence-electron chi connectivity index (χ3n) is 2.47. The Kier molecular flexibility index (Phi) is 3.27. The number of rotatable bonds is 3. The average Bonchev–Trinajstić information content (AvgIpc) is 2.82. The van der Waals surface area contributed by atoms with Crippen LogP contribution in [-0.4, -0.2) is 0 Å². The minimum absolute atomic E-state index is 0.151. The van der Waals surface area contributed by atoms with Gasteiger partial charge >= 0.3 is 0 Å². The Hall–Kier alpha value is -1.02. The Labute approximate surface area is 98.2 Å². The summed E-state index contributed by atoms with van der Waals surface area (Å²) < 4.78 is 5.36. The lowest BCUT2D eigenvalue weighted by Crippen LogP contribution is -1.91. The molecule has 0 N–H and O–H groups in total. The molecule has 0 spiro atoms. The summed E-state index contributed by atoms with van der Waals surface area (Å²) in [6, 6.07) is 12.5. The number of hydrogen-bond donors (Lipinski definition) is 0. The zero-order valence-electron chi connectivity index (χ0n) is 8.61. The summed E-state index contributed by atoms with van der Waals surface area (Å²) in [4.78, 5) is 0.151. The molecule has 2 heteroatoms. The van der Waals surface area contributed by atoms with Crippen LogP contribution in [0.5, 0.6) is 0 Å². The Morgan fingerprint density at radius 3 is 2.47 bits per heavy atom. The van der Waals surface area contributed by atoms with Crippen molar-refractivity contribution in [3.05, 3.63) is 59.5 Å². The van der Waals surface area contributed by atoms with Crippen molar-refractivity contribution >= 4 is 15.9 Å². The van der Waals surface area contributed by atoms with E-state index in [0.717, 1.165) is 12.2 Å². The molecule has 1 atom stereocenters. The van der Waals surface area contributed by atoms with Crippen LogP contribution in [0.15, 0.2) is 47.1 Å². The summed E-state index contributed by atoms with van der Waals surface area (Å²) in [6.45, 7) is 2.16. The van der Waals surface area contributed by atoms with E-state index in [4.69, 9.17) is 4.42 Å². The van der Waals surface area contributed by atoms with Crippen molar-refractivity contribution in [2.24, 2.45) is 0 Å². The molecule has 1 nitrogen and oxygen atoms in total. The largest absolute Gasteiger partial charge is 0.468 e. The highest BCUT2D eigenvalue weighted by atomic mass is 79.9. The first-order valence-electron chi connectivity index (χ1n) is 5.07. The Bertz CT molecular complexity index is 403. The van der Waals surface area contributed by atoms with E-state index in [9.17, 15) is 0 Å². The van der Waals surface area contributed by atoms with E-state index >= 15 is 0 Å². The van der Waals surface area contributed by atoms with Gasteiger partial charge < -0.3 is 4.42 Å². The number of aryl methyl sites for hydroxylation is 1. The highest BCUT2D eigenvalue weighted by molar-refractivity contribution is 9.09. The van der Waals surface area contributed by atoms with Gasteiger partial charge in [0.1, 0.15) is 5.76 Å². The molecule has 1 aromatic heterocycles. The highest BCUT2D eigenvalue weighted by Gasteiger charge is 2.12. The molecule has 0 saturated heterocycles. The lowest BCUT2D eigenvalue weighted by Gasteiger charge is -2.07. The van der Waals surface area contributed by atoms with Crippen molar-refractivity contribution in [1.29, 1.82) is 0 Å². The fraction of sp³-hybridized carbons (Fsp3) is 0.231. The van der Waals surface area contributed by atoms with Gasteiger partial charge in [0, 0.05) is 0 Å². The SMILES string of the molecule is CCc1ccc(C(Br)c2ccco2)cc1. The van der Waals surface area contributed by atoms with Crippen LogP contribution in [0.25, 0.3) is 0 Å². The van der Waals surface area contributed by atoms with E-state index in [0.29, 0.717) is 0 Å². The number of furan rings is 1. The second kappa shape index (κ2) is 4.67. The molecule has 2 rings (SSSR count). The van der Waals surface area contributed by atoms with E-state index in [1.807, 2.05) is 12.1 Å². The Morgan fingerprint density at radius 2 is 1.93 bits per heavy atom. The van der Waals surface area contributed by atoms with Gasteiger partial charge in [-0.25, -0.2) is 0 Å². The fourth-order valence-electron chi connectivity index (χ4n) is 1.52. The number of alkyl halides is 1. The summed E-state index contributed by atoms with van der Waals surface area (Å²) in [7, 11) is 0. The first-order valence-corrected chi connectivity index (χ1v) is 5.99. The van der Waals surface area contributed by atoms with Gasteiger partial charge in [0.2, 0.25) is 0 Å². The molecule has 0 aliphatic heterocycles. The molecule has 1 heterocycles. The van der Waals surface area contributed by atoms with Gasteiger partial charge in [-0.05, 0) is 29.7 Å². The summed E-state index contributed by atoms with van der Waals surface area (Å²) in [6.07, 6.45) is 2.78. The maximum atomic E-state index is 5.36. The smallest absolute Gasteiger partial charge is 0.121 e. The second-order valence-corrected chi connectivity index (χ2v) is 4.39. The lowest BCUT2D eigenvalue weighted by atomic mass is 10.1. The summed E-state index contributed by atoms with van der Waals surface area (Å²) >= 11 is 3.63. The molecular formula is C13H13BrO. The normalized spacial score (nSPS) is 12.7. The fourth-order valence-corrected chi connectivity index (χ4v) is 2.09. The highest BCUT2D eigenvalue weighted by Crippen LogP contribution is 2.30. The van der Waals surface area contributed by atoms with E-state index in [2.05, 4.69) is 47.1 Å². The molecule has 1 aromatic carbocycles. The number of hydrogen-bond acceptors (Lipinski definition) is 1. The molecule has 0 radical (unpaired) electrons. The van der Waals surface area contributed by atoms with Gasteiger partial charge in [-0.3, -0.25) is 0 Å². The predicted molar refractivity (Wildman–Crippen MR) is 65.3 cm³/mol. The van der Waals surface area contributed by atoms with Gasteiger partial charge in [0.25, 0.3) is 0 Å². The van der Waals surface area contributed by atoms with Crippen molar-refractivity contribution < 1.29 is 4.42 Å². The minimum Gasteiger partial charge on any atom is -0.468 e. The van der Waals surface area contributed by atoms with E-state index in [-0.39, 0.29) is 4.83 Å². The molecule has 2 aromatic rings. The van der Waals surface area contributed by atoms with Gasteiger partial charge in [0.15, 0.2) is 0 Å². The van der Waals surface area contributed by atoms with Gasteiger partial charge in [-0.15, -0.1) is 0 Å². The van der Waals surface area contributed by atoms with Crippen LogP contribution in [0.1, 0.15) is 28.6 Å². The van der Waals surface area contributed by atoms with Crippen LogP contribution in [0.4, 0.5) is 0 Å². The van der Waals surface area contributed by atoms with Crippen LogP contribution in [-0.2, 0) is 6.42 Å². The number of halogens is 1. The first-order chi connectivity index (χ1) is 7.31. The lowest BCUT2D eigenvalue weighted by molar-refractivity contribution is 0.519. The molecule has 0 aliphatic rings. The summed E-state index contributed by atoms with van der Waals surface area (Å²) in [5, 5.41) is 0. The molecule has 0 bridgehead atoms. The first kappa shape index (κ1) is 10.5. The zero-order chi connectivity index (χ0) is 10.7. The molecular weight excluding hydrogens is 252 g/mol. The predicted octanol–water partition coefficient (Wildman–Crippen LogP) is 4.33. The number of benzene rings is 1. The van der Waals surface area contributed by atoms with Crippen molar-refractivity contribution in [2.75, 3.05) is 0 Å². The third kappa shape index (κ3) is 2.32. The van der Waals surface area contributed by atoms with Crippen LogP contribution < -0.4 is 0 Å². The maximum Gasteiger partial charge on any atom is 0.121 e. The van der Waals surface area contributed by atoms with Crippen molar-refractivity contribution in [2.45, 2.75) is 18.2 Å². The molecule has 78 valence electrons. The Morgan fingerprint density at radius 1 is 1.20 bits per heavy atom. The van der Waals surface area contributed by atoms with Crippen molar-refractivity contribution in [3.63, 3.8) is 0 Å². The van der Waals surface area contributed by atoms with Crippen molar-refractivity contribution in [3.8, 4) is 0 Å². The van der Waals surface area contributed by atoms with E-state index in [1.165, 1.54) is 11.1 Å². The zero-order valence-corrected chi connectivity index (χ0v) is 10.2. The van der Waals surface area contributed by atoms with Gasteiger partial charge in [-0.2, -0.15) is 0 Å². The average molecular weight is 265 g/mol. The van der Waals surface area contributed by atoms with Crippen LogP contribution >= 0.6 is 15.9 Å². The molecule has 0 fully saturated rings. The summed E-state index contributed by atoms with van der Waals surface area (Å²) in [5.74, 6) is 0.944. The second-order valence-electron chi connectivity index (χ2n) is 3.47. The van der Waals surface area contributed by atoms with Crippen LogP contribution in [0.2, 0.25) is 0 Å². The molecule has 15 heavy (non-hydrogen) atoms. The molecule has 1 unspecified atom stereocenters. The maximum absolute atomic E-state index is 5.36.